The fraction of sp³-hybridized carbons (Fsp3) is 0.515. The molecular formula is C33H41N5O4S. The summed E-state index contributed by atoms with van der Waals surface area (Å²) in [7, 11) is -3.71. The van der Waals surface area contributed by atoms with E-state index in [2.05, 4.69) is 49.3 Å². The monoisotopic (exact) mass is 603 g/mol. The predicted octanol–water partition coefficient (Wildman–Crippen LogP) is 5.02. The number of piperidine rings is 1. The summed E-state index contributed by atoms with van der Waals surface area (Å²) in [4.78, 5) is 18.4. The average Bonchev–Trinajstić information content (AvgIpc) is 3.51. The number of carbonyl (C=O) groups is 1. The van der Waals surface area contributed by atoms with Crippen LogP contribution in [0.15, 0.2) is 53.4 Å². The van der Waals surface area contributed by atoms with E-state index in [9.17, 15) is 13.2 Å². The van der Waals surface area contributed by atoms with Gasteiger partial charge >= 0.3 is 0 Å². The van der Waals surface area contributed by atoms with E-state index >= 15 is 0 Å². The lowest BCUT2D eigenvalue weighted by Crippen LogP contribution is -2.50. The molecule has 3 aliphatic heterocycles. The highest BCUT2D eigenvalue weighted by atomic mass is 32.2. The van der Waals surface area contributed by atoms with Crippen LogP contribution in [0.2, 0.25) is 0 Å². The van der Waals surface area contributed by atoms with Crippen molar-refractivity contribution in [2.75, 3.05) is 26.2 Å². The first-order valence-corrected chi connectivity index (χ1v) is 16.9. The Balaban J connectivity index is 1.16. The van der Waals surface area contributed by atoms with Gasteiger partial charge in [-0.15, -0.1) is 0 Å². The van der Waals surface area contributed by atoms with Gasteiger partial charge in [-0.2, -0.15) is 9.57 Å². The molecular weight excluding hydrogens is 562 g/mol. The zero-order valence-electron chi connectivity index (χ0n) is 25.4. The normalized spacial score (nSPS) is 23.3. The molecule has 3 aliphatic rings. The lowest BCUT2D eigenvalue weighted by Gasteiger charge is -2.41. The fourth-order valence-corrected chi connectivity index (χ4v) is 8.87. The average molecular weight is 604 g/mol. The van der Waals surface area contributed by atoms with Crippen LogP contribution in [-0.4, -0.2) is 83.4 Å². The van der Waals surface area contributed by atoms with Gasteiger partial charge in [-0.25, -0.2) is 8.42 Å². The summed E-state index contributed by atoms with van der Waals surface area (Å²) in [5, 5.41) is 9.99. The number of fused-ring (bicyclic) bond motifs is 3. The van der Waals surface area contributed by atoms with Crippen molar-refractivity contribution in [1.29, 1.82) is 5.26 Å². The van der Waals surface area contributed by atoms with E-state index in [1.165, 1.54) is 41.4 Å². The Labute approximate surface area is 254 Å². The molecule has 3 fully saturated rings. The van der Waals surface area contributed by atoms with Crippen LogP contribution < -0.4 is 4.74 Å². The molecule has 1 aromatic heterocycles. The SMILES string of the molecule is CC(C)N1C2CCC1CC(Oc1ccc3c(c1)cc(C(=O)N1CCN(S(=O)(=O)c4ccc(C#N)cc4)CC1)n3C(C)C)C2. The third-order valence-electron chi connectivity index (χ3n) is 9.34. The van der Waals surface area contributed by atoms with Gasteiger partial charge < -0.3 is 14.2 Å². The molecule has 2 unspecified atom stereocenters. The molecule has 228 valence electrons. The third kappa shape index (κ3) is 5.54. The molecule has 0 spiro atoms. The highest BCUT2D eigenvalue weighted by molar-refractivity contribution is 7.89. The van der Waals surface area contributed by atoms with Gasteiger partial charge in [0.05, 0.1) is 16.5 Å². The molecule has 0 saturated carbocycles. The van der Waals surface area contributed by atoms with E-state index in [-0.39, 0.29) is 36.0 Å². The van der Waals surface area contributed by atoms with E-state index in [0.29, 0.717) is 42.5 Å². The number of aromatic nitrogens is 1. The summed E-state index contributed by atoms with van der Waals surface area (Å²) in [6.45, 7) is 9.76. The summed E-state index contributed by atoms with van der Waals surface area (Å²) < 4.78 is 36.4. The van der Waals surface area contributed by atoms with E-state index in [1.54, 1.807) is 4.90 Å². The zero-order chi connectivity index (χ0) is 30.5. The summed E-state index contributed by atoms with van der Waals surface area (Å²) in [6.07, 6.45) is 4.81. The van der Waals surface area contributed by atoms with Crippen molar-refractivity contribution in [2.24, 2.45) is 0 Å². The predicted molar refractivity (Wildman–Crippen MR) is 166 cm³/mol. The van der Waals surface area contributed by atoms with E-state index in [4.69, 9.17) is 10.00 Å². The van der Waals surface area contributed by atoms with Crippen molar-refractivity contribution >= 4 is 26.8 Å². The second kappa shape index (κ2) is 11.6. The number of hydrogen-bond donors (Lipinski definition) is 0. The van der Waals surface area contributed by atoms with Crippen molar-refractivity contribution in [1.82, 2.24) is 18.7 Å². The summed E-state index contributed by atoms with van der Waals surface area (Å²) in [5.74, 6) is 0.747. The molecule has 2 bridgehead atoms. The van der Waals surface area contributed by atoms with Crippen molar-refractivity contribution in [3.63, 3.8) is 0 Å². The van der Waals surface area contributed by atoms with Gasteiger partial charge in [0.25, 0.3) is 5.91 Å². The molecule has 6 rings (SSSR count). The summed E-state index contributed by atoms with van der Waals surface area (Å²) in [5.41, 5.74) is 2.00. The Morgan fingerprint density at radius 3 is 2.14 bits per heavy atom. The topological polar surface area (TPSA) is 98.9 Å². The number of carbonyl (C=O) groups excluding carboxylic acids is 1. The highest BCUT2D eigenvalue weighted by Gasteiger charge is 2.42. The van der Waals surface area contributed by atoms with Gasteiger partial charge in [-0.3, -0.25) is 9.69 Å². The minimum absolute atomic E-state index is 0.0669. The van der Waals surface area contributed by atoms with Crippen LogP contribution in [0.3, 0.4) is 0 Å². The smallest absolute Gasteiger partial charge is 0.270 e. The maximum Gasteiger partial charge on any atom is 0.270 e. The molecule has 3 aromatic rings. The number of ether oxygens (including phenoxy) is 1. The number of amides is 1. The quantitative estimate of drug-likeness (QED) is 0.376. The maximum absolute atomic E-state index is 13.8. The molecule has 43 heavy (non-hydrogen) atoms. The Kier molecular flexibility index (Phi) is 8.01. The number of nitrogens with zero attached hydrogens (tertiary/aromatic N) is 5. The number of rotatable bonds is 7. The second-order valence-electron chi connectivity index (χ2n) is 12.7. The Hall–Kier alpha value is -3.39. The first-order chi connectivity index (χ1) is 20.6. The minimum atomic E-state index is -3.71. The first-order valence-electron chi connectivity index (χ1n) is 15.5. The fourth-order valence-electron chi connectivity index (χ4n) is 7.45. The number of piperazine rings is 1. The number of benzene rings is 2. The molecule has 0 radical (unpaired) electrons. The Bertz CT molecular complexity index is 1630. The van der Waals surface area contributed by atoms with Gasteiger partial charge in [0.15, 0.2) is 0 Å². The summed E-state index contributed by atoms with van der Waals surface area (Å²) >= 11 is 0. The molecule has 2 aromatic carbocycles. The van der Waals surface area contributed by atoms with E-state index < -0.39 is 10.0 Å². The second-order valence-corrected chi connectivity index (χ2v) is 14.6. The molecule has 2 atom stereocenters. The van der Waals surface area contributed by atoms with Gasteiger partial charge in [0.2, 0.25) is 10.0 Å². The summed E-state index contributed by atoms with van der Waals surface area (Å²) in [6, 6.07) is 17.9. The maximum atomic E-state index is 13.8. The lowest BCUT2D eigenvalue weighted by atomic mass is 9.98. The van der Waals surface area contributed by atoms with Crippen molar-refractivity contribution in [3.8, 4) is 11.8 Å². The molecule has 10 heteroatoms. The molecule has 0 aliphatic carbocycles. The zero-order valence-corrected chi connectivity index (χ0v) is 26.3. The largest absolute Gasteiger partial charge is 0.490 e. The number of nitriles is 1. The van der Waals surface area contributed by atoms with Crippen LogP contribution in [0.5, 0.6) is 5.75 Å². The van der Waals surface area contributed by atoms with Gasteiger partial charge in [-0.05, 0) is 102 Å². The van der Waals surface area contributed by atoms with Crippen LogP contribution in [-0.2, 0) is 10.0 Å². The van der Waals surface area contributed by atoms with Crippen molar-refractivity contribution < 1.29 is 17.9 Å². The minimum Gasteiger partial charge on any atom is -0.490 e. The van der Waals surface area contributed by atoms with Crippen molar-refractivity contribution in [2.45, 2.75) is 88.5 Å². The standard InChI is InChI=1S/C33H41N5O4S/c1-22(2)37-26-7-8-27(37)20-29(19-26)42-28-9-12-31-25(17-28)18-32(38(31)23(3)4)33(39)35-13-15-36(16-14-35)43(40,41)30-10-5-24(21-34)6-11-30/h5-6,9-12,17-18,22-23,26-27,29H,7-8,13-16,19-20H2,1-4H3. The van der Waals surface area contributed by atoms with Crippen LogP contribution in [0.25, 0.3) is 10.9 Å². The van der Waals surface area contributed by atoms with Crippen LogP contribution in [0, 0.1) is 11.3 Å². The van der Waals surface area contributed by atoms with Crippen LogP contribution in [0.4, 0.5) is 0 Å². The van der Waals surface area contributed by atoms with Gasteiger partial charge in [-0.1, -0.05) is 0 Å². The first kappa shape index (κ1) is 29.7. The van der Waals surface area contributed by atoms with Crippen LogP contribution in [0.1, 0.15) is 75.5 Å². The lowest BCUT2D eigenvalue weighted by molar-refractivity contribution is 0.0308. The molecule has 4 heterocycles. The van der Waals surface area contributed by atoms with Crippen LogP contribution >= 0.6 is 0 Å². The highest BCUT2D eigenvalue weighted by Crippen LogP contribution is 2.39. The Morgan fingerprint density at radius 2 is 1.56 bits per heavy atom. The van der Waals surface area contributed by atoms with Crippen molar-refractivity contribution in [3.05, 3.63) is 59.8 Å². The third-order valence-corrected chi connectivity index (χ3v) is 11.3. The van der Waals surface area contributed by atoms with Gasteiger partial charge in [0, 0.05) is 61.2 Å². The Morgan fingerprint density at radius 1 is 0.907 bits per heavy atom. The van der Waals surface area contributed by atoms with E-state index in [1.807, 2.05) is 18.2 Å². The van der Waals surface area contributed by atoms with E-state index in [0.717, 1.165) is 29.5 Å². The molecule has 9 nitrogen and oxygen atoms in total. The van der Waals surface area contributed by atoms with Gasteiger partial charge in [0.1, 0.15) is 17.5 Å². The molecule has 3 saturated heterocycles. The molecule has 1 amide bonds. The molecule has 0 N–H and O–H groups in total. The number of hydrogen-bond acceptors (Lipinski definition) is 6. The number of sulfonamides is 1.